The molecule has 0 unspecified atom stereocenters. The first-order valence-electron chi connectivity index (χ1n) is 6.93. The van der Waals surface area contributed by atoms with Crippen molar-refractivity contribution in [3.63, 3.8) is 0 Å². The van der Waals surface area contributed by atoms with Gasteiger partial charge in [0.15, 0.2) is 5.16 Å². The van der Waals surface area contributed by atoms with Gasteiger partial charge in [0.25, 0.3) is 0 Å². The van der Waals surface area contributed by atoms with Crippen molar-refractivity contribution < 1.29 is 4.74 Å². The van der Waals surface area contributed by atoms with Crippen LogP contribution in [0.25, 0.3) is 0 Å². The third kappa shape index (κ3) is 4.46. The number of hydrogen-bond acceptors (Lipinski definition) is 8. The number of nitrogen functional groups attached to an aromatic ring is 1. The Morgan fingerprint density at radius 3 is 2.75 bits per heavy atom. The Morgan fingerprint density at radius 2 is 2.05 bits per heavy atom. The van der Waals surface area contributed by atoms with E-state index < -0.39 is 0 Å². The standard InChI is InChI=1S/C12H22N6OS/c1-19-8-5-9-20-12-15-10(17-13)14-11(16-12)18-6-3-2-4-7-18/h2-9,13H2,1H3,(H,14,15,16,17). The highest BCUT2D eigenvalue weighted by molar-refractivity contribution is 7.99. The molecular formula is C12H22N6OS. The number of hydrogen-bond donors (Lipinski definition) is 2. The zero-order valence-corrected chi connectivity index (χ0v) is 12.7. The third-order valence-electron chi connectivity index (χ3n) is 3.10. The fraction of sp³-hybridized carbons (Fsp3) is 0.750. The zero-order chi connectivity index (χ0) is 14.2. The molecule has 2 rings (SSSR count). The highest BCUT2D eigenvalue weighted by Gasteiger charge is 2.16. The molecule has 0 amide bonds. The van der Waals surface area contributed by atoms with Gasteiger partial charge in [0.05, 0.1) is 0 Å². The number of nitrogens with zero attached hydrogens (tertiary/aromatic N) is 4. The first kappa shape index (κ1) is 15.3. The van der Waals surface area contributed by atoms with Crippen molar-refractivity contribution in [1.82, 2.24) is 15.0 Å². The van der Waals surface area contributed by atoms with E-state index >= 15 is 0 Å². The van der Waals surface area contributed by atoms with E-state index in [2.05, 4.69) is 25.3 Å². The number of thioether (sulfide) groups is 1. The van der Waals surface area contributed by atoms with Gasteiger partial charge in [-0.2, -0.15) is 15.0 Å². The van der Waals surface area contributed by atoms with E-state index in [-0.39, 0.29) is 0 Å². The quantitative estimate of drug-likeness (QED) is 0.337. The van der Waals surface area contributed by atoms with Crippen LogP contribution in [0.1, 0.15) is 25.7 Å². The van der Waals surface area contributed by atoms with Crippen molar-refractivity contribution >= 4 is 23.7 Å². The van der Waals surface area contributed by atoms with Gasteiger partial charge < -0.3 is 9.64 Å². The van der Waals surface area contributed by atoms with Crippen molar-refractivity contribution in [3.8, 4) is 0 Å². The van der Waals surface area contributed by atoms with Gasteiger partial charge in [-0.05, 0) is 25.7 Å². The van der Waals surface area contributed by atoms with Crippen molar-refractivity contribution in [2.24, 2.45) is 5.84 Å². The zero-order valence-electron chi connectivity index (χ0n) is 11.8. The van der Waals surface area contributed by atoms with E-state index in [1.54, 1.807) is 18.9 Å². The number of nitrogens with two attached hydrogens (primary N) is 1. The van der Waals surface area contributed by atoms with E-state index in [1.165, 1.54) is 19.3 Å². The number of hydrazine groups is 1. The van der Waals surface area contributed by atoms with Gasteiger partial charge in [-0.1, -0.05) is 11.8 Å². The predicted molar refractivity (Wildman–Crippen MR) is 80.9 cm³/mol. The summed E-state index contributed by atoms with van der Waals surface area (Å²) in [4.78, 5) is 15.4. The number of methoxy groups -OCH3 is 1. The Hall–Kier alpha value is -1.12. The topological polar surface area (TPSA) is 89.2 Å². The summed E-state index contributed by atoms with van der Waals surface area (Å²) in [6.45, 7) is 2.75. The maximum atomic E-state index is 5.44. The molecule has 8 heteroatoms. The van der Waals surface area contributed by atoms with Crippen LogP contribution in [0.15, 0.2) is 5.16 Å². The van der Waals surface area contributed by atoms with Gasteiger partial charge in [-0.25, -0.2) is 5.84 Å². The summed E-state index contributed by atoms with van der Waals surface area (Å²) >= 11 is 1.60. The van der Waals surface area contributed by atoms with Crippen molar-refractivity contribution in [2.45, 2.75) is 30.8 Å². The monoisotopic (exact) mass is 298 g/mol. The number of aromatic nitrogens is 3. The molecule has 0 aliphatic carbocycles. The molecule has 7 nitrogen and oxygen atoms in total. The predicted octanol–water partition coefficient (Wildman–Crippen LogP) is 1.28. The van der Waals surface area contributed by atoms with E-state index in [4.69, 9.17) is 10.6 Å². The number of nitrogens with one attached hydrogen (secondary N) is 1. The first-order chi connectivity index (χ1) is 9.83. The molecular weight excluding hydrogens is 276 g/mol. The fourth-order valence-electron chi connectivity index (χ4n) is 2.08. The second-order valence-corrected chi connectivity index (χ2v) is 5.69. The Balaban J connectivity index is 2.03. The SMILES string of the molecule is COCCCSc1nc(NN)nc(N2CCCCC2)n1. The van der Waals surface area contributed by atoms with Crippen LogP contribution >= 0.6 is 11.8 Å². The van der Waals surface area contributed by atoms with Crippen LogP contribution in [0.5, 0.6) is 0 Å². The molecule has 2 heterocycles. The van der Waals surface area contributed by atoms with Crippen LogP contribution in [0.3, 0.4) is 0 Å². The molecule has 3 N–H and O–H groups in total. The number of piperidine rings is 1. The van der Waals surface area contributed by atoms with Crippen LogP contribution in [0.4, 0.5) is 11.9 Å². The Bertz CT molecular complexity index is 413. The van der Waals surface area contributed by atoms with Gasteiger partial charge in [0.1, 0.15) is 0 Å². The van der Waals surface area contributed by atoms with Crippen LogP contribution in [0, 0.1) is 0 Å². The van der Waals surface area contributed by atoms with Crippen LogP contribution < -0.4 is 16.2 Å². The molecule has 0 radical (unpaired) electrons. The number of rotatable bonds is 7. The minimum absolute atomic E-state index is 0.426. The summed E-state index contributed by atoms with van der Waals surface area (Å²) in [6.07, 6.45) is 4.63. The Labute approximate surface area is 123 Å². The van der Waals surface area contributed by atoms with E-state index in [1.807, 2.05) is 0 Å². The minimum Gasteiger partial charge on any atom is -0.385 e. The van der Waals surface area contributed by atoms with Crippen molar-refractivity contribution in [3.05, 3.63) is 0 Å². The van der Waals surface area contributed by atoms with Gasteiger partial charge in [-0.3, -0.25) is 5.43 Å². The third-order valence-corrected chi connectivity index (χ3v) is 4.03. The molecule has 112 valence electrons. The molecule has 0 atom stereocenters. The lowest BCUT2D eigenvalue weighted by atomic mass is 10.1. The average molecular weight is 298 g/mol. The summed E-state index contributed by atoms with van der Waals surface area (Å²) in [5.41, 5.74) is 2.52. The van der Waals surface area contributed by atoms with Crippen molar-refractivity contribution in [1.29, 1.82) is 0 Å². The van der Waals surface area contributed by atoms with Crippen LogP contribution in [-0.4, -0.2) is 47.5 Å². The summed E-state index contributed by atoms with van der Waals surface area (Å²) in [5, 5.41) is 0.713. The molecule has 1 fully saturated rings. The molecule has 0 aromatic carbocycles. The molecule has 1 saturated heterocycles. The number of ether oxygens (including phenoxy) is 1. The molecule has 0 saturated carbocycles. The molecule has 0 bridgehead atoms. The molecule has 20 heavy (non-hydrogen) atoms. The number of anilines is 2. The van der Waals surface area contributed by atoms with Crippen LogP contribution in [-0.2, 0) is 4.74 Å². The fourth-order valence-corrected chi connectivity index (χ4v) is 2.82. The summed E-state index contributed by atoms with van der Waals surface area (Å²) in [6, 6.07) is 0. The molecule has 1 aliphatic rings. The van der Waals surface area contributed by atoms with Gasteiger partial charge in [-0.15, -0.1) is 0 Å². The summed E-state index contributed by atoms with van der Waals surface area (Å²) in [5.74, 6) is 7.51. The molecule has 1 aromatic rings. The summed E-state index contributed by atoms with van der Waals surface area (Å²) in [7, 11) is 1.71. The van der Waals surface area contributed by atoms with E-state index in [0.29, 0.717) is 11.1 Å². The second-order valence-electron chi connectivity index (χ2n) is 4.63. The Kier molecular flexibility index (Phi) is 6.28. The maximum Gasteiger partial charge on any atom is 0.242 e. The molecule has 1 aliphatic heterocycles. The maximum absolute atomic E-state index is 5.44. The van der Waals surface area contributed by atoms with Gasteiger partial charge in [0, 0.05) is 32.6 Å². The normalized spacial score (nSPS) is 15.4. The lowest BCUT2D eigenvalue weighted by Gasteiger charge is -2.26. The smallest absolute Gasteiger partial charge is 0.242 e. The Morgan fingerprint density at radius 1 is 1.25 bits per heavy atom. The van der Waals surface area contributed by atoms with Crippen LogP contribution in [0.2, 0.25) is 0 Å². The second kappa shape index (κ2) is 8.23. The van der Waals surface area contributed by atoms with E-state index in [9.17, 15) is 0 Å². The average Bonchev–Trinajstić information content (AvgIpc) is 2.52. The van der Waals surface area contributed by atoms with Gasteiger partial charge >= 0.3 is 0 Å². The minimum atomic E-state index is 0.426. The first-order valence-corrected chi connectivity index (χ1v) is 7.91. The largest absolute Gasteiger partial charge is 0.385 e. The highest BCUT2D eigenvalue weighted by Crippen LogP contribution is 2.21. The molecule has 0 spiro atoms. The highest BCUT2D eigenvalue weighted by atomic mass is 32.2. The molecule has 1 aromatic heterocycles. The van der Waals surface area contributed by atoms with Crippen molar-refractivity contribution in [2.75, 3.05) is 42.9 Å². The lowest BCUT2D eigenvalue weighted by Crippen LogP contribution is -2.31. The van der Waals surface area contributed by atoms with E-state index in [0.717, 1.165) is 37.8 Å². The summed E-state index contributed by atoms with van der Waals surface area (Å²) < 4.78 is 5.04. The lowest BCUT2D eigenvalue weighted by molar-refractivity contribution is 0.200. The van der Waals surface area contributed by atoms with Gasteiger partial charge in [0.2, 0.25) is 11.9 Å².